The van der Waals surface area contributed by atoms with Crippen LogP contribution in [-0.4, -0.2) is 25.2 Å². The fraction of sp³-hybridized carbons (Fsp3) is 0.909. The molecular formula is C22H40O4. The van der Waals surface area contributed by atoms with Gasteiger partial charge >= 0.3 is 11.9 Å². The number of hydrogen-bond acceptors (Lipinski definition) is 4. The van der Waals surface area contributed by atoms with E-state index in [1.54, 1.807) is 0 Å². The van der Waals surface area contributed by atoms with Crippen LogP contribution in [0.2, 0.25) is 0 Å². The van der Waals surface area contributed by atoms with Crippen LogP contribution in [0.4, 0.5) is 0 Å². The van der Waals surface area contributed by atoms with Crippen LogP contribution in [-0.2, 0) is 19.1 Å². The van der Waals surface area contributed by atoms with Crippen LogP contribution < -0.4 is 0 Å². The lowest BCUT2D eigenvalue weighted by Gasteiger charge is -2.28. The van der Waals surface area contributed by atoms with Crippen molar-refractivity contribution in [3.8, 4) is 0 Å². The lowest BCUT2D eigenvalue weighted by molar-refractivity contribution is -0.163. The van der Waals surface area contributed by atoms with Crippen LogP contribution in [0, 0.1) is 17.8 Å². The minimum atomic E-state index is -0.304. The molecule has 0 aromatic carbocycles. The Morgan fingerprint density at radius 2 is 1.31 bits per heavy atom. The van der Waals surface area contributed by atoms with Gasteiger partial charge in [0.05, 0.1) is 25.0 Å². The Balaban J connectivity index is 2.30. The largest absolute Gasteiger partial charge is 0.465 e. The molecule has 26 heavy (non-hydrogen) atoms. The summed E-state index contributed by atoms with van der Waals surface area (Å²) in [5.41, 5.74) is 0. The monoisotopic (exact) mass is 368 g/mol. The van der Waals surface area contributed by atoms with Gasteiger partial charge in [-0.15, -0.1) is 0 Å². The fourth-order valence-corrected chi connectivity index (χ4v) is 3.61. The van der Waals surface area contributed by atoms with E-state index in [1.807, 2.05) is 0 Å². The van der Waals surface area contributed by atoms with Crippen molar-refractivity contribution < 1.29 is 19.1 Å². The van der Waals surface area contributed by atoms with E-state index in [-0.39, 0.29) is 23.8 Å². The summed E-state index contributed by atoms with van der Waals surface area (Å²) in [6, 6.07) is 0. The molecule has 0 aromatic rings. The van der Waals surface area contributed by atoms with E-state index in [1.165, 1.54) is 19.3 Å². The predicted octanol–water partition coefficient (Wildman–Crippen LogP) is 5.68. The standard InChI is InChI=1S/C22H40O4/c1-4-5-6-7-11-16-25-21(23)19-14-8-9-15-20(19)22(24)26-17-12-10-13-18(2)3/h18-20H,4-17H2,1-3H3. The van der Waals surface area contributed by atoms with E-state index in [0.717, 1.165) is 57.8 Å². The number of carbonyl (C=O) groups excluding carboxylic acids is 2. The highest BCUT2D eigenvalue weighted by Gasteiger charge is 2.37. The molecule has 2 unspecified atom stereocenters. The number of ether oxygens (including phenoxy) is 2. The average molecular weight is 369 g/mol. The third-order valence-corrected chi connectivity index (χ3v) is 5.28. The van der Waals surface area contributed by atoms with Gasteiger partial charge in [-0.25, -0.2) is 0 Å². The molecule has 0 heterocycles. The molecule has 0 aromatic heterocycles. The van der Waals surface area contributed by atoms with Crippen molar-refractivity contribution in [2.75, 3.05) is 13.2 Å². The fourth-order valence-electron chi connectivity index (χ4n) is 3.61. The second-order valence-corrected chi connectivity index (χ2v) is 8.14. The maximum Gasteiger partial charge on any atom is 0.309 e. The SMILES string of the molecule is CCCCCCCOC(=O)C1CCCCC1C(=O)OCCCCC(C)C. The van der Waals surface area contributed by atoms with Crippen LogP contribution >= 0.6 is 0 Å². The average Bonchev–Trinajstić information content (AvgIpc) is 2.63. The molecule has 1 aliphatic rings. The third kappa shape index (κ3) is 9.59. The van der Waals surface area contributed by atoms with Gasteiger partial charge in [0, 0.05) is 0 Å². The number of rotatable bonds is 13. The maximum atomic E-state index is 12.4. The molecule has 0 amide bonds. The van der Waals surface area contributed by atoms with E-state index >= 15 is 0 Å². The minimum absolute atomic E-state index is 0.193. The Labute approximate surface area is 160 Å². The first kappa shape index (κ1) is 23.0. The lowest BCUT2D eigenvalue weighted by atomic mass is 9.79. The van der Waals surface area contributed by atoms with Crippen molar-refractivity contribution in [2.24, 2.45) is 17.8 Å². The molecular weight excluding hydrogens is 328 g/mol. The van der Waals surface area contributed by atoms with Crippen molar-refractivity contribution in [1.82, 2.24) is 0 Å². The summed E-state index contributed by atoms with van der Waals surface area (Å²) in [4.78, 5) is 24.9. The Kier molecular flexibility index (Phi) is 12.4. The van der Waals surface area contributed by atoms with E-state index in [4.69, 9.17) is 9.47 Å². The topological polar surface area (TPSA) is 52.6 Å². The van der Waals surface area contributed by atoms with Gasteiger partial charge in [0.25, 0.3) is 0 Å². The summed E-state index contributed by atoms with van der Waals surface area (Å²) < 4.78 is 10.9. The first-order valence-electron chi connectivity index (χ1n) is 10.9. The molecule has 152 valence electrons. The second-order valence-electron chi connectivity index (χ2n) is 8.14. The summed E-state index contributed by atoms with van der Waals surface area (Å²) in [6.07, 6.45) is 12.3. The van der Waals surface area contributed by atoms with Gasteiger partial charge in [0.15, 0.2) is 0 Å². The molecule has 1 fully saturated rings. The van der Waals surface area contributed by atoms with Gasteiger partial charge in [-0.2, -0.15) is 0 Å². The molecule has 1 saturated carbocycles. The molecule has 0 aliphatic heterocycles. The normalized spacial score (nSPS) is 20.2. The number of carbonyl (C=O) groups is 2. The van der Waals surface area contributed by atoms with Crippen molar-refractivity contribution in [3.05, 3.63) is 0 Å². The Morgan fingerprint density at radius 3 is 1.81 bits per heavy atom. The highest BCUT2D eigenvalue weighted by atomic mass is 16.5. The molecule has 0 bridgehead atoms. The molecule has 0 radical (unpaired) electrons. The zero-order chi connectivity index (χ0) is 19.2. The highest BCUT2D eigenvalue weighted by molar-refractivity contribution is 5.82. The maximum absolute atomic E-state index is 12.4. The molecule has 0 saturated heterocycles. The predicted molar refractivity (Wildman–Crippen MR) is 105 cm³/mol. The zero-order valence-electron chi connectivity index (χ0n) is 17.3. The zero-order valence-corrected chi connectivity index (χ0v) is 17.3. The molecule has 4 nitrogen and oxygen atoms in total. The number of unbranched alkanes of at least 4 members (excludes halogenated alkanes) is 5. The number of hydrogen-bond donors (Lipinski definition) is 0. The Bertz CT molecular complexity index is 392. The summed E-state index contributed by atoms with van der Waals surface area (Å²) in [7, 11) is 0. The van der Waals surface area contributed by atoms with Gasteiger partial charge in [-0.05, 0) is 38.0 Å². The molecule has 0 spiro atoms. The van der Waals surface area contributed by atoms with Crippen molar-refractivity contribution >= 4 is 11.9 Å². The van der Waals surface area contributed by atoms with E-state index < -0.39 is 0 Å². The second kappa shape index (κ2) is 14.1. The molecule has 0 N–H and O–H groups in total. The van der Waals surface area contributed by atoms with E-state index in [9.17, 15) is 9.59 Å². The van der Waals surface area contributed by atoms with Gasteiger partial charge in [-0.1, -0.05) is 65.7 Å². The van der Waals surface area contributed by atoms with Gasteiger partial charge < -0.3 is 9.47 Å². The van der Waals surface area contributed by atoms with Crippen LogP contribution in [0.15, 0.2) is 0 Å². The molecule has 1 aliphatic carbocycles. The first-order chi connectivity index (χ1) is 12.6. The summed E-state index contributed by atoms with van der Waals surface area (Å²) in [6.45, 7) is 7.55. The van der Waals surface area contributed by atoms with E-state index in [0.29, 0.717) is 19.1 Å². The van der Waals surface area contributed by atoms with Crippen molar-refractivity contribution in [1.29, 1.82) is 0 Å². The van der Waals surface area contributed by atoms with Crippen LogP contribution in [0.25, 0.3) is 0 Å². The first-order valence-corrected chi connectivity index (χ1v) is 10.9. The van der Waals surface area contributed by atoms with Crippen LogP contribution in [0.5, 0.6) is 0 Å². The minimum Gasteiger partial charge on any atom is -0.465 e. The Hall–Kier alpha value is -1.06. The number of esters is 2. The highest BCUT2D eigenvalue weighted by Crippen LogP contribution is 2.32. The third-order valence-electron chi connectivity index (χ3n) is 5.28. The smallest absolute Gasteiger partial charge is 0.309 e. The molecule has 4 heteroatoms. The summed E-state index contributed by atoms with van der Waals surface area (Å²) >= 11 is 0. The van der Waals surface area contributed by atoms with Crippen LogP contribution in [0.3, 0.4) is 0 Å². The van der Waals surface area contributed by atoms with Gasteiger partial charge in [0.2, 0.25) is 0 Å². The quantitative estimate of drug-likeness (QED) is 0.310. The molecule has 2 atom stereocenters. The summed E-state index contributed by atoms with van der Waals surface area (Å²) in [5.74, 6) is -0.310. The Morgan fingerprint density at radius 1 is 0.808 bits per heavy atom. The van der Waals surface area contributed by atoms with Crippen molar-refractivity contribution in [2.45, 2.75) is 97.8 Å². The lowest BCUT2D eigenvalue weighted by Crippen LogP contribution is -2.35. The van der Waals surface area contributed by atoms with Crippen LogP contribution in [0.1, 0.15) is 97.8 Å². The van der Waals surface area contributed by atoms with E-state index in [2.05, 4.69) is 20.8 Å². The van der Waals surface area contributed by atoms with Gasteiger partial charge in [-0.3, -0.25) is 9.59 Å². The van der Waals surface area contributed by atoms with Crippen molar-refractivity contribution in [3.63, 3.8) is 0 Å². The molecule has 1 rings (SSSR count). The summed E-state index contributed by atoms with van der Waals surface area (Å²) in [5, 5.41) is 0. The van der Waals surface area contributed by atoms with Gasteiger partial charge in [0.1, 0.15) is 0 Å².